The van der Waals surface area contributed by atoms with Crippen molar-refractivity contribution in [3.63, 3.8) is 0 Å². The molecule has 0 saturated carbocycles. The fraction of sp³-hybridized carbons (Fsp3) is 0.136. The van der Waals surface area contributed by atoms with Crippen LogP contribution < -0.4 is 10.1 Å². The first-order chi connectivity index (χ1) is 14.6. The highest BCUT2D eigenvalue weighted by Gasteiger charge is 2.12. The van der Waals surface area contributed by atoms with E-state index in [4.69, 9.17) is 42.6 Å². The normalized spacial score (nSPS) is 10.9. The van der Waals surface area contributed by atoms with Gasteiger partial charge in [0.2, 0.25) is 0 Å². The van der Waals surface area contributed by atoms with Gasteiger partial charge in [-0.1, -0.05) is 23.2 Å². The summed E-state index contributed by atoms with van der Waals surface area (Å²) in [5.41, 5.74) is 2.29. The molecule has 0 spiro atoms. The Morgan fingerprint density at radius 1 is 0.967 bits per heavy atom. The number of anilines is 2. The van der Waals surface area contributed by atoms with Crippen LogP contribution in [0.5, 0.6) is 5.75 Å². The van der Waals surface area contributed by atoms with E-state index in [1.165, 1.54) is 0 Å². The Balaban J connectivity index is 1.80. The van der Waals surface area contributed by atoms with Crippen molar-refractivity contribution >= 4 is 45.6 Å². The number of halogens is 2. The van der Waals surface area contributed by atoms with Gasteiger partial charge in [0, 0.05) is 46.2 Å². The Morgan fingerprint density at radius 2 is 1.80 bits per heavy atom. The van der Waals surface area contributed by atoms with Crippen molar-refractivity contribution in [1.82, 2.24) is 15.0 Å². The summed E-state index contributed by atoms with van der Waals surface area (Å²) in [4.78, 5) is 13.6. The maximum atomic E-state index is 6.16. The second kappa shape index (κ2) is 9.26. The Hall–Kier alpha value is -2.93. The maximum Gasteiger partial charge on any atom is 0.163 e. The zero-order valence-electron chi connectivity index (χ0n) is 16.1. The monoisotopic (exact) mass is 440 g/mol. The van der Waals surface area contributed by atoms with Crippen LogP contribution in [0.2, 0.25) is 10.0 Å². The van der Waals surface area contributed by atoms with Crippen LogP contribution in [-0.4, -0.2) is 35.3 Å². The summed E-state index contributed by atoms with van der Waals surface area (Å²) < 4.78 is 10.8. The Labute approximate surface area is 183 Å². The minimum absolute atomic E-state index is 0.448. The fourth-order valence-electron chi connectivity index (χ4n) is 2.92. The molecule has 1 N–H and O–H groups in total. The number of nitrogens with one attached hydrogen (secondary N) is 1. The maximum absolute atomic E-state index is 6.16. The SMILES string of the molecule is COCCOc1ccc2nc(-c3cccnc3)nc(Nc3cc(Cl)cc(Cl)c3)c2c1. The summed E-state index contributed by atoms with van der Waals surface area (Å²) in [6.45, 7) is 0.948. The van der Waals surface area contributed by atoms with Crippen LogP contribution in [0, 0.1) is 0 Å². The first-order valence-corrected chi connectivity index (χ1v) is 9.95. The zero-order chi connectivity index (χ0) is 20.9. The van der Waals surface area contributed by atoms with Gasteiger partial charge in [-0.25, -0.2) is 9.97 Å². The third-order valence-electron chi connectivity index (χ3n) is 4.27. The third kappa shape index (κ3) is 4.79. The van der Waals surface area contributed by atoms with Gasteiger partial charge in [0.1, 0.15) is 18.2 Å². The van der Waals surface area contributed by atoms with Gasteiger partial charge in [-0.2, -0.15) is 0 Å². The van der Waals surface area contributed by atoms with E-state index in [9.17, 15) is 0 Å². The number of hydrogen-bond acceptors (Lipinski definition) is 6. The number of rotatable bonds is 7. The molecule has 0 aliphatic heterocycles. The topological polar surface area (TPSA) is 69.2 Å². The Bertz CT molecular complexity index is 1150. The van der Waals surface area contributed by atoms with E-state index < -0.39 is 0 Å². The lowest BCUT2D eigenvalue weighted by Gasteiger charge is -2.13. The molecular formula is C22H18Cl2N4O2. The predicted octanol–water partition coefficient (Wildman–Crippen LogP) is 5.77. The lowest BCUT2D eigenvalue weighted by Crippen LogP contribution is -2.05. The number of aromatic nitrogens is 3. The van der Waals surface area contributed by atoms with E-state index in [-0.39, 0.29) is 0 Å². The van der Waals surface area contributed by atoms with Crippen LogP contribution in [0.25, 0.3) is 22.3 Å². The summed E-state index contributed by atoms with van der Waals surface area (Å²) in [6, 6.07) is 14.7. The first-order valence-electron chi connectivity index (χ1n) is 9.19. The van der Waals surface area contributed by atoms with Crippen molar-refractivity contribution in [1.29, 1.82) is 0 Å². The summed E-state index contributed by atoms with van der Waals surface area (Å²) >= 11 is 12.3. The number of ether oxygens (including phenoxy) is 2. The molecule has 4 aromatic rings. The highest BCUT2D eigenvalue weighted by atomic mass is 35.5. The van der Waals surface area contributed by atoms with Gasteiger partial charge in [-0.05, 0) is 48.5 Å². The third-order valence-corrected chi connectivity index (χ3v) is 4.70. The highest BCUT2D eigenvalue weighted by Crippen LogP contribution is 2.31. The molecule has 0 saturated heterocycles. The minimum atomic E-state index is 0.448. The van der Waals surface area contributed by atoms with Crippen LogP contribution in [0.1, 0.15) is 0 Å². The van der Waals surface area contributed by atoms with Crippen molar-refractivity contribution in [2.75, 3.05) is 25.6 Å². The summed E-state index contributed by atoms with van der Waals surface area (Å²) in [5, 5.41) is 5.17. The summed E-state index contributed by atoms with van der Waals surface area (Å²) in [7, 11) is 1.63. The molecule has 2 aromatic carbocycles. The van der Waals surface area contributed by atoms with Gasteiger partial charge in [-0.3, -0.25) is 4.98 Å². The molecule has 0 aliphatic carbocycles. The van der Waals surface area contributed by atoms with E-state index in [2.05, 4.69) is 10.3 Å². The van der Waals surface area contributed by atoms with Gasteiger partial charge in [-0.15, -0.1) is 0 Å². The van der Waals surface area contributed by atoms with Crippen molar-refractivity contribution in [2.24, 2.45) is 0 Å². The van der Waals surface area contributed by atoms with E-state index in [1.54, 1.807) is 37.7 Å². The molecule has 2 heterocycles. The molecular weight excluding hydrogens is 423 g/mol. The van der Waals surface area contributed by atoms with Crippen molar-refractivity contribution < 1.29 is 9.47 Å². The van der Waals surface area contributed by atoms with Crippen LogP contribution >= 0.6 is 23.2 Å². The van der Waals surface area contributed by atoms with Crippen LogP contribution in [0.4, 0.5) is 11.5 Å². The van der Waals surface area contributed by atoms with Gasteiger partial charge in [0.05, 0.1) is 12.1 Å². The smallest absolute Gasteiger partial charge is 0.163 e. The molecule has 0 unspecified atom stereocenters. The molecule has 0 fully saturated rings. The number of methoxy groups -OCH3 is 1. The quantitative estimate of drug-likeness (QED) is 0.368. The molecule has 152 valence electrons. The molecule has 8 heteroatoms. The van der Waals surface area contributed by atoms with Gasteiger partial charge < -0.3 is 14.8 Å². The fourth-order valence-corrected chi connectivity index (χ4v) is 3.45. The van der Waals surface area contributed by atoms with E-state index in [0.717, 1.165) is 22.2 Å². The molecule has 0 atom stereocenters. The summed E-state index contributed by atoms with van der Waals surface area (Å²) in [6.07, 6.45) is 3.44. The highest BCUT2D eigenvalue weighted by molar-refractivity contribution is 6.35. The number of nitrogens with zero attached hydrogens (tertiary/aromatic N) is 3. The Kier molecular flexibility index (Phi) is 6.28. The second-order valence-electron chi connectivity index (χ2n) is 6.44. The number of fused-ring (bicyclic) bond motifs is 1. The van der Waals surface area contributed by atoms with Crippen molar-refractivity contribution in [3.8, 4) is 17.1 Å². The van der Waals surface area contributed by atoms with Crippen LogP contribution in [0.15, 0.2) is 60.9 Å². The lowest BCUT2D eigenvalue weighted by molar-refractivity contribution is 0.146. The van der Waals surface area contributed by atoms with Crippen molar-refractivity contribution in [2.45, 2.75) is 0 Å². The van der Waals surface area contributed by atoms with Crippen molar-refractivity contribution in [3.05, 3.63) is 71.0 Å². The second-order valence-corrected chi connectivity index (χ2v) is 7.31. The lowest BCUT2D eigenvalue weighted by atomic mass is 10.2. The molecule has 4 rings (SSSR count). The largest absolute Gasteiger partial charge is 0.491 e. The number of pyridine rings is 1. The molecule has 30 heavy (non-hydrogen) atoms. The average Bonchev–Trinajstić information content (AvgIpc) is 2.74. The number of benzene rings is 2. The van der Waals surface area contributed by atoms with Crippen LogP contribution in [0.3, 0.4) is 0 Å². The predicted molar refractivity (Wildman–Crippen MR) is 120 cm³/mol. The van der Waals surface area contributed by atoms with Crippen LogP contribution in [-0.2, 0) is 4.74 Å². The molecule has 0 amide bonds. The Morgan fingerprint density at radius 3 is 2.53 bits per heavy atom. The molecule has 0 radical (unpaired) electrons. The molecule has 0 aliphatic rings. The summed E-state index contributed by atoms with van der Waals surface area (Å²) in [5.74, 6) is 1.86. The molecule has 2 aromatic heterocycles. The zero-order valence-corrected chi connectivity index (χ0v) is 17.6. The molecule has 0 bridgehead atoms. The van der Waals surface area contributed by atoms with Gasteiger partial charge in [0.25, 0.3) is 0 Å². The minimum Gasteiger partial charge on any atom is -0.491 e. The first kappa shape index (κ1) is 20.3. The van der Waals surface area contributed by atoms with Gasteiger partial charge in [0.15, 0.2) is 5.82 Å². The van der Waals surface area contributed by atoms with E-state index in [0.29, 0.717) is 40.7 Å². The standard InChI is InChI=1S/C22H18Cl2N4O2/c1-29-7-8-30-18-4-5-20-19(12-18)22(26-17-10-15(23)9-16(24)11-17)28-21(27-20)14-3-2-6-25-13-14/h2-6,9-13H,7-8H2,1H3,(H,26,27,28). The van der Waals surface area contributed by atoms with E-state index in [1.807, 2.05) is 30.3 Å². The number of hydrogen-bond donors (Lipinski definition) is 1. The van der Waals surface area contributed by atoms with E-state index >= 15 is 0 Å². The average molecular weight is 441 g/mol. The van der Waals surface area contributed by atoms with Gasteiger partial charge >= 0.3 is 0 Å². The molecule has 6 nitrogen and oxygen atoms in total.